The highest BCUT2D eigenvalue weighted by Gasteiger charge is 2.33. The van der Waals surface area contributed by atoms with Crippen LogP contribution >= 0.6 is 11.3 Å². The van der Waals surface area contributed by atoms with Crippen LogP contribution in [0.3, 0.4) is 0 Å². The van der Waals surface area contributed by atoms with E-state index in [1.165, 1.54) is 17.9 Å². The molecule has 0 saturated carbocycles. The number of aromatic nitrogens is 3. The van der Waals surface area contributed by atoms with Gasteiger partial charge in [0.2, 0.25) is 5.27 Å². The van der Waals surface area contributed by atoms with Gasteiger partial charge in [0.05, 0.1) is 41.7 Å². The number of pyridine rings is 1. The molecular weight excluding hydrogens is 413 g/mol. The van der Waals surface area contributed by atoms with Gasteiger partial charge < -0.3 is 15.6 Å². The largest absolute Gasteiger partial charge is 0.857 e. The van der Waals surface area contributed by atoms with Crippen LogP contribution in [0.4, 0.5) is 24.7 Å². The van der Waals surface area contributed by atoms with Crippen molar-refractivity contribution in [2.75, 3.05) is 37.0 Å². The van der Waals surface area contributed by atoms with Gasteiger partial charge in [-0.2, -0.15) is 13.2 Å². The molecule has 0 aliphatic carbocycles. The maximum atomic E-state index is 13.0. The number of hydrogen-bond donors (Lipinski definition) is 1. The molecule has 4 heterocycles. The summed E-state index contributed by atoms with van der Waals surface area (Å²) in [6.45, 7) is 3.75. The first-order valence-corrected chi connectivity index (χ1v) is 9.30. The Morgan fingerprint density at radius 1 is 1.38 bits per heavy atom. The summed E-state index contributed by atoms with van der Waals surface area (Å²) >= 11 is 0.755. The second-order valence-electron chi connectivity index (χ2n) is 6.29. The third kappa shape index (κ3) is 3.70. The molecule has 0 spiro atoms. The number of hydrogen-bond acceptors (Lipinski definition) is 9. The third-order valence-electron chi connectivity index (χ3n) is 4.31. The van der Waals surface area contributed by atoms with Crippen LogP contribution in [0.2, 0.25) is 0 Å². The summed E-state index contributed by atoms with van der Waals surface area (Å²) in [6.07, 6.45) is -3.17. The number of morpholine rings is 1. The van der Waals surface area contributed by atoms with Crippen molar-refractivity contribution in [2.45, 2.75) is 13.1 Å². The summed E-state index contributed by atoms with van der Waals surface area (Å²) in [4.78, 5) is 8.87. The first-order valence-electron chi connectivity index (χ1n) is 8.48. The lowest BCUT2D eigenvalue weighted by atomic mass is 10.1. The highest BCUT2D eigenvalue weighted by atomic mass is 32.1. The molecule has 1 saturated heterocycles. The van der Waals surface area contributed by atoms with Crippen molar-refractivity contribution in [3.63, 3.8) is 0 Å². The maximum Gasteiger partial charge on any atom is 0.433 e. The summed E-state index contributed by atoms with van der Waals surface area (Å²) in [6, 6.07) is 0.901. The topological polar surface area (TPSA) is 117 Å². The van der Waals surface area contributed by atoms with E-state index in [0.29, 0.717) is 31.7 Å². The number of aryl methyl sites for hydroxylation is 1. The molecule has 0 aromatic carbocycles. The van der Waals surface area contributed by atoms with Crippen LogP contribution in [-0.4, -0.2) is 42.5 Å². The van der Waals surface area contributed by atoms with Crippen molar-refractivity contribution >= 4 is 39.0 Å². The standard InChI is InChI=1S/C16H15F3N6O3S/c1-8-6-9(16(17,18)19)21-15-11(8)12(20)13(29-15)14(26)22-10-7-25(23-28-10)24-2-4-27-5-3-24/h6-7H,2-5H2,1H3,(H2-,20,22,23,26). The van der Waals surface area contributed by atoms with Crippen LogP contribution < -0.4 is 20.6 Å². The van der Waals surface area contributed by atoms with E-state index in [0.717, 1.165) is 17.4 Å². The van der Waals surface area contributed by atoms with Crippen molar-refractivity contribution in [3.8, 4) is 0 Å². The fraction of sp³-hybridized carbons (Fsp3) is 0.375. The van der Waals surface area contributed by atoms with Crippen LogP contribution in [0.25, 0.3) is 10.2 Å². The van der Waals surface area contributed by atoms with E-state index < -0.39 is 17.8 Å². The van der Waals surface area contributed by atoms with E-state index in [9.17, 15) is 18.3 Å². The molecule has 3 aromatic rings. The summed E-state index contributed by atoms with van der Waals surface area (Å²) in [7, 11) is 0. The zero-order chi connectivity index (χ0) is 20.8. The number of nitrogens with two attached hydrogens (primary N) is 1. The fourth-order valence-corrected chi connectivity index (χ4v) is 3.99. The Bertz CT molecular complexity index is 1090. The lowest BCUT2D eigenvalue weighted by molar-refractivity contribution is -0.759. The van der Waals surface area contributed by atoms with Gasteiger partial charge in [0.25, 0.3) is 6.20 Å². The van der Waals surface area contributed by atoms with Gasteiger partial charge in [0.15, 0.2) is 0 Å². The Hall–Kier alpha value is -2.93. The van der Waals surface area contributed by atoms with Gasteiger partial charge in [-0.15, -0.1) is 16.3 Å². The third-order valence-corrected chi connectivity index (χ3v) is 5.40. The number of anilines is 1. The van der Waals surface area contributed by atoms with E-state index in [-0.39, 0.29) is 26.8 Å². The number of rotatable bonds is 3. The highest BCUT2D eigenvalue weighted by Crippen LogP contribution is 2.38. The predicted molar refractivity (Wildman–Crippen MR) is 95.4 cm³/mol. The van der Waals surface area contributed by atoms with Gasteiger partial charge in [-0.05, 0) is 18.6 Å². The summed E-state index contributed by atoms with van der Waals surface area (Å²) < 4.78 is 49.3. The number of ether oxygens (including phenoxy) is 1. The summed E-state index contributed by atoms with van der Waals surface area (Å²) in [5.41, 5.74) is 5.29. The van der Waals surface area contributed by atoms with Gasteiger partial charge in [-0.3, -0.25) is 4.52 Å². The molecule has 1 aliphatic heterocycles. The fourth-order valence-electron chi connectivity index (χ4n) is 2.94. The molecule has 0 atom stereocenters. The monoisotopic (exact) mass is 428 g/mol. The number of fused-ring (bicyclic) bond motifs is 1. The molecule has 1 aliphatic rings. The Morgan fingerprint density at radius 3 is 2.79 bits per heavy atom. The molecule has 3 aromatic heterocycles. The predicted octanol–water partition coefficient (Wildman–Crippen LogP) is 0.888. The Balaban J connectivity index is 1.68. The average Bonchev–Trinajstić information content (AvgIpc) is 3.26. The first-order chi connectivity index (χ1) is 13.7. The number of alkyl halides is 3. The van der Waals surface area contributed by atoms with Crippen LogP contribution in [0, 0.1) is 6.92 Å². The zero-order valence-corrected chi connectivity index (χ0v) is 15.9. The molecular formula is C16H15F3N6O3S. The SMILES string of the molecule is Cc1cc(C(F)(F)F)nc2sc(/C([O-])=N/c3c[n+](N4CCOCC4)no3)c(N)c12. The summed E-state index contributed by atoms with van der Waals surface area (Å²) in [5, 5.41) is 18.5. The van der Waals surface area contributed by atoms with Crippen LogP contribution in [0.15, 0.2) is 21.8 Å². The van der Waals surface area contributed by atoms with Crippen LogP contribution in [0.1, 0.15) is 16.1 Å². The molecule has 1 fully saturated rings. The molecule has 2 N–H and O–H groups in total. The van der Waals surface area contributed by atoms with Gasteiger partial charge in [-0.1, -0.05) is 0 Å². The second kappa shape index (κ2) is 7.15. The molecule has 9 nitrogen and oxygen atoms in total. The second-order valence-corrected chi connectivity index (χ2v) is 7.29. The number of nitrogens with zero attached hydrogens (tertiary/aromatic N) is 5. The number of nitrogen functional groups attached to an aromatic ring is 1. The molecule has 4 rings (SSSR count). The van der Waals surface area contributed by atoms with Crippen molar-refractivity contribution in [2.24, 2.45) is 4.99 Å². The van der Waals surface area contributed by atoms with E-state index in [1.54, 1.807) is 0 Å². The van der Waals surface area contributed by atoms with E-state index in [4.69, 9.17) is 15.0 Å². The minimum atomic E-state index is -4.60. The minimum Gasteiger partial charge on any atom is -0.857 e. The van der Waals surface area contributed by atoms with E-state index >= 15 is 0 Å². The smallest absolute Gasteiger partial charge is 0.433 e. The Morgan fingerprint density at radius 2 is 2.10 bits per heavy atom. The summed E-state index contributed by atoms with van der Waals surface area (Å²) in [5.74, 6) is -0.803. The highest BCUT2D eigenvalue weighted by molar-refractivity contribution is 7.21. The van der Waals surface area contributed by atoms with Crippen molar-refractivity contribution in [1.29, 1.82) is 0 Å². The normalized spacial score (nSPS) is 16.0. The lowest BCUT2D eigenvalue weighted by Crippen LogP contribution is -2.62. The molecule has 29 heavy (non-hydrogen) atoms. The average molecular weight is 428 g/mol. The van der Waals surface area contributed by atoms with E-state index in [1.807, 2.05) is 5.01 Å². The Kier molecular flexibility index (Phi) is 4.78. The van der Waals surface area contributed by atoms with Gasteiger partial charge in [0.1, 0.15) is 10.5 Å². The number of aliphatic imine (C=N–C) groups is 1. The molecule has 13 heteroatoms. The lowest BCUT2D eigenvalue weighted by Gasteiger charge is -2.18. The van der Waals surface area contributed by atoms with Crippen molar-refractivity contribution < 1.29 is 32.3 Å². The van der Waals surface area contributed by atoms with Crippen molar-refractivity contribution in [1.82, 2.24) is 10.3 Å². The van der Waals surface area contributed by atoms with Crippen LogP contribution in [0.5, 0.6) is 0 Å². The van der Waals surface area contributed by atoms with E-state index in [2.05, 4.69) is 15.2 Å². The number of halogens is 3. The molecule has 0 bridgehead atoms. The maximum absolute atomic E-state index is 13.0. The molecule has 0 radical (unpaired) electrons. The molecule has 0 unspecified atom stereocenters. The quantitative estimate of drug-likeness (QED) is 0.374. The van der Waals surface area contributed by atoms with Gasteiger partial charge in [-0.25, -0.2) is 9.98 Å². The van der Waals surface area contributed by atoms with Crippen molar-refractivity contribution in [3.05, 3.63) is 28.4 Å². The molecule has 154 valence electrons. The van der Waals surface area contributed by atoms with Gasteiger partial charge >= 0.3 is 12.1 Å². The van der Waals surface area contributed by atoms with Crippen LogP contribution in [-0.2, 0) is 10.9 Å². The molecule has 0 amide bonds. The first kappa shape index (κ1) is 19.4. The Labute approximate surface area is 165 Å². The number of thiophene rings is 1. The minimum absolute atomic E-state index is 0.00996. The zero-order valence-electron chi connectivity index (χ0n) is 15.1. The van der Waals surface area contributed by atoms with Gasteiger partial charge in [0, 0.05) is 11.3 Å².